The van der Waals surface area contributed by atoms with Crippen LogP contribution in [0.5, 0.6) is 0 Å². The Labute approximate surface area is 180 Å². The van der Waals surface area contributed by atoms with Crippen molar-refractivity contribution < 1.29 is 14.4 Å². The molecule has 1 aromatic carbocycles. The zero-order chi connectivity index (χ0) is 22.1. The van der Waals surface area contributed by atoms with Crippen molar-refractivity contribution in [3.8, 4) is 0 Å². The molecule has 1 aliphatic rings. The Bertz CT molecular complexity index is 946. The van der Waals surface area contributed by atoms with Crippen LogP contribution in [0.3, 0.4) is 0 Å². The fraction of sp³-hybridized carbons (Fsp3) is 0.476. The molecule has 2 aromatic rings. The van der Waals surface area contributed by atoms with Gasteiger partial charge in [-0.2, -0.15) is 0 Å². The number of aromatic nitrogens is 2. The van der Waals surface area contributed by atoms with Crippen molar-refractivity contribution in [1.29, 1.82) is 0 Å². The van der Waals surface area contributed by atoms with E-state index in [2.05, 4.69) is 20.8 Å². The molecular weight excluding hydrogens is 402 g/mol. The quantitative estimate of drug-likeness (QED) is 0.759. The summed E-state index contributed by atoms with van der Waals surface area (Å²) in [5.41, 5.74) is 0.900. The van der Waals surface area contributed by atoms with Gasteiger partial charge < -0.3 is 10.2 Å². The minimum absolute atomic E-state index is 0.00321. The average molecular weight is 430 g/mol. The summed E-state index contributed by atoms with van der Waals surface area (Å²) in [4.78, 5) is 38.7. The Kier molecular flexibility index (Phi) is 6.21. The monoisotopic (exact) mass is 429 g/mol. The van der Waals surface area contributed by atoms with E-state index in [1.54, 1.807) is 29.2 Å². The van der Waals surface area contributed by atoms with Gasteiger partial charge >= 0.3 is 0 Å². The smallest absolute Gasteiger partial charge is 0.257 e. The van der Waals surface area contributed by atoms with Gasteiger partial charge in [-0.25, -0.2) is 0 Å². The number of anilines is 2. The molecule has 1 fully saturated rings. The maximum absolute atomic E-state index is 12.5. The van der Waals surface area contributed by atoms with E-state index >= 15 is 0 Å². The minimum atomic E-state index is -0.364. The number of rotatable bonds is 5. The second kappa shape index (κ2) is 8.51. The summed E-state index contributed by atoms with van der Waals surface area (Å²) in [5.74, 6) is -0.841. The molecule has 3 rings (SSSR count). The highest BCUT2D eigenvalue weighted by Crippen LogP contribution is 2.28. The molecule has 0 bridgehead atoms. The fourth-order valence-electron chi connectivity index (χ4n) is 3.10. The van der Waals surface area contributed by atoms with Crippen LogP contribution in [0.2, 0.25) is 0 Å². The first kappa shape index (κ1) is 21.9. The molecular formula is C21H27N5O3S. The molecule has 1 aromatic heterocycles. The molecule has 0 aliphatic carbocycles. The van der Waals surface area contributed by atoms with Crippen LogP contribution in [0, 0.1) is 5.92 Å². The molecule has 1 saturated heterocycles. The van der Waals surface area contributed by atoms with Gasteiger partial charge in [-0.15, -0.1) is 10.2 Å². The van der Waals surface area contributed by atoms with Crippen molar-refractivity contribution in [1.82, 2.24) is 15.1 Å². The Morgan fingerprint density at radius 1 is 1.13 bits per heavy atom. The standard InChI is InChI=1S/C21H27N5O3S/c1-12(2)26-11-14(10-16(26)27)18(29)22-15-8-6-13(7-9-15)17(28)23-20-25-24-19(30-20)21(3,4)5/h6-9,12,14H,10-11H2,1-5H3,(H,22,29)(H,23,25,28). The van der Waals surface area contributed by atoms with Crippen molar-refractivity contribution in [2.45, 2.75) is 52.5 Å². The number of nitrogens with one attached hydrogen (secondary N) is 2. The molecule has 8 nitrogen and oxygen atoms in total. The lowest BCUT2D eigenvalue weighted by molar-refractivity contribution is -0.129. The number of hydrogen-bond donors (Lipinski definition) is 2. The SMILES string of the molecule is CC(C)N1CC(C(=O)Nc2ccc(C(=O)Nc3nnc(C(C)(C)C)s3)cc2)CC1=O. The molecule has 9 heteroatoms. The van der Waals surface area contributed by atoms with Crippen LogP contribution in [0.4, 0.5) is 10.8 Å². The van der Waals surface area contributed by atoms with Gasteiger partial charge in [0, 0.05) is 35.7 Å². The van der Waals surface area contributed by atoms with E-state index in [1.807, 2.05) is 34.6 Å². The number of carbonyl (C=O) groups is 3. The molecule has 30 heavy (non-hydrogen) atoms. The third-order valence-electron chi connectivity index (χ3n) is 4.85. The van der Waals surface area contributed by atoms with Gasteiger partial charge in [-0.3, -0.25) is 19.7 Å². The molecule has 0 radical (unpaired) electrons. The Morgan fingerprint density at radius 2 is 1.80 bits per heavy atom. The summed E-state index contributed by atoms with van der Waals surface area (Å²) in [6, 6.07) is 6.70. The van der Waals surface area contributed by atoms with Crippen molar-refractivity contribution in [3.63, 3.8) is 0 Å². The first-order valence-electron chi connectivity index (χ1n) is 9.90. The van der Waals surface area contributed by atoms with Crippen molar-refractivity contribution >= 4 is 39.9 Å². The number of carbonyl (C=O) groups excluding carboxylic acids is 3. The first-order chi connectivity index (χ1) is 14.0. The van der Waals surface area contributed by atoms with Gasteiger partial charge in [0.15, 0.2) is 0 Å². The predicted octanol–water partition coefficient (Wildman–Crippen LogP) is 3.28. The highest BCUT2D eigenvalue weighted by atomic mass is 32.1. The van der Waals surface area contributed by atoms with Crippen molar-refractivity contribution in [3.05, 3.63) is 34.8 Å². The summed E-state index contributed by atoms with van der Waals surface area (Å²) in [6.45, 7) is 10.4. The molecule has 1 unspecified atom stereocenters. The van der Waals surface area contributed by atoms with Crippen molar-refractivity contribution in [2.24, 2.45) is 5.92 Å². The largest absolute Gasteiger partial charge is 0.339 e. The Balaban J connectivity index is 1.58. The molecule has 1 aliphatic heterocycles. The second-order valence-corrected chi connectivity index (χ2v) is 9.70. The number of hydrogen-bond acceptors (Lipinski definition) is 6. The van der Waals surface area contributed by atoms with Gasteiger partial charge in [0.1, 0.15) is 5.01 Å². The molecule has 0 spiro atoms. The summed E-state index contributed by atoms with van der Waals surface area (Å²) >= 11 is 1.35. The second-order valence-electron chi connectivity index (χ2n) is 8.72. The van der Waals surface area contributed by atoms with E-state index in [1.165, 1.54) is 11.3 Å². The van der Waals surface area contributed by atoms with Crippen molar-refractivity contribution in [2.75, 3.05) is 17.2 Å². The molecule has 0 saturated carbocycles. The number of benzene rings is 1. The van der Waals surface area contributed by atoms with E-state index in [9.17, 15) is 14.4 Å². The topological polar surface area (TPSA) is 104 Å². The highest BCUT2D eigenvalue weighted by Gasteiger charge is 2.35. The Morgan fingerprint density at radius 3 is 2.33 bits per heavy atom. The molecule has 1 atom stereocenters. The van der Waals surface area contributed by atoms with E-state index < -0.39 is 0 Å². The summed E-state index contributed by atoms with van der Waals surface area (Å²) < 4.78 is 0. The Hall–Kier alpha value is -2.81. The fourth-order valence-corrected chi connectivity index (χ4v) is 3.90. The summed E-state index contributed by atoms with van der Waals surface area (Å²) in [5, 5.41) is 15.0. The van der Waals surface area contributed by atoms with Gasteiger partial charge in [-0.1, -0.05) is 32.1 Å². The van der Waals surface area contributed by atoms with Gasteiger partial charge in [-0.05, 0) is 38.1 Å². The third kappa shape index (κ3) is 5.02. The summed E-state index contributed by atoms with van der Waals surface area (Å²) in [6.07, 6.45) is 0.225. The predicted molar refractivity (Wildman–Crippen MR) is 117 cm³/mol. The van der Waals surface area contributed by atoms with E-state index in [-0.39, 0.29) is 41.5 Å². The van der Waals surface area contributed by atoms with E-state index in [0.717, 1.165) is 5.01 Å². The van der Waals surface area contributed by atoms with Gasteiger partial charge in [0.2, 0.25) is 16.9 Å². The maximum Gasteiger partial charge on any atom is 0.257 e. The molecule has 3 amide bonds. The van der Waals surface area contributed by atoms with Gasteiger partial charge in [0.05, 0.1) is 5.92 Å². The highest BCUT2D eigenvalue weighted by molar-refractivity contribution is 7.15. The molecule has 2 heterocycles. The lowest BCUT2D eigenvalue weighted by Crippen LogP contribution is -2.33. The zero-order valence-electron chi connectivity index (χ0n) is 17.9. The molecule has 2 N–H and O–H groups in total. The van der Waals surface area contributed by atoms with Crippen LogP contribution in [-0.2, 0) is 15.0 Å². The number of nitrogens with zero attached hydrogens (tertiary/aromatic N) is 3. The first-order valence-corrected chi connectivity index (χ1v) is 10.7. The normalized spacial score (nSPS) is 16.8. The third-order valence-corrected chi connectivity index (χ3v) is 6.12. The molecule has 160 valence electrons. The number of likely N-dealkylation sites (tertiary alicyclic amines) is 1. The van der Waals surface area contributed by atoms with Crippen LogP contribution in [-0.4, -0.2) is 45.4 Å². The number of amides is 3. The zero-order valence-corrected chi connectivity index (χ0v) is 18.7. The van der Waals surface area contributed by atoms with Gasteiger partial charge in [0.25, 0.3) is 5.91 Å². The lowest BCUT2D eigenvalue weighted by Gasteiger charge is -2.20. The van der Waals surface area contributed by atoms with Crippen LogP contribution < -0.4 is 10.6 Å². The van der Waals surface area contributed by atoms with Crippen LogP contribution in [0.15, 0.2) is 24.3 Å². The van der Waals surface area contributed by atoms with E-state index in [4.69, 9.17) is 0 Å². The maximum atomic E-state index is 12.5. The minimum Gasteiger partial charge on any atom is -0.339 e. The van der Waals surface area contributed by atoms with Crippen LogP contribution in [0.1, 0.15) is 56.4 Å². The summed E-state index contributed by atoms with van der Waals surface area (Å²) in [7, 11) is 0. The van der Waals surface area contributed by atoms with E-state index in [0.29, 0.717) is 22.9 Å². The van der Waals surface area contributed by atoms with Crippen LogP contribution in [0.25, 0.3) is 0 Å². The lowest BCUT2D eigenvalue weighted by atomic mass is 9.98. The van der Waals surface area contributed by atoms with Crippen LogP contribution >= 0.6 is 11.3 Å². The average Bonchev–Trinajstić information content (AvgIpc) is 3.29.